The van der Waals surface area contributed by atoms with Crippen molar-refractivity contribution in [3.05, 3.63) is 28.8 Å². The fourth-order valence-electron chi connectivity index (χ4n) is 2.11. The fraction of sp³-hybridized carbons (Fsp3) is 0.500. The largest absolute Gasteiger partial charge is 0.480 e. The highest BCUT2D eigenvalue weighted by Gasteiger charge is 2.28. The summed E-state index contributed by atoms with van der Waals surface area (Å²) in [6, 6.07) is 5.32. The van der Waals surface area contributed by atoms with Crippen LogP contribution in [0.25, 0.3) is 0 Å². The maximum absolute atomic E-state index is 12.0. The van der Waals surface area contributed by atoms with E-state index in [0.29, 0.717) is 30.2 Å². The highest BCUT2D eigenvalue weighted by molar-refractivity contribution is 6.30. The number of carbonyl (C=O) groups is 1. The van der Waals surface area contributed by atoms with Gasteiger partial charge in [0, 0.05) is 25.1 Å². The van der Waals surface area contributed by atoms with E-state index in [-0.39, 0.29) is 12.5 Å². The first kappa shape index (κ1) is 15.1. The van der Waals surface area contributed by atoms with Gasteiger partial charge < -0.3 is 19.9 Å². The number of hydrogen-bond acceptors (Lipinski definition) is 4. The van der Waals surface area contributed by atoms with Gasteiger partial charge in [-0.15, -0.1) is 0 Å². The Morgan fingerprint density at radius 2 is 2.45 bits per heavy atom. The van der Waals surface area contributed by atoms with Gasteiger partial charge in [0.25, 0.3) is 5.91 Å². The zero-order valence-electron chi connectivity index (χ0n) is 11.3. The van der Waals surface area contributed by atoms with Crippen LogP contribution in [0.15, 0.2) is 18.2 Å². The fourth-order valence-corrected chi connectivity index (χ4v) is 2.31. The molecule has 1 aliphatic rings. The van der Waals surface area contributed by atoms with Crippen LogP contribution in [0.1, 0.15) is 12.0 Å². The van der Waals surface area contributed by atoms with Gasteiger partial charge in [0.1, 0.15) is 5.75 Å². The summed E-state index contributed by atoms with van der Waals surface area (Å²) in [5, 5.41) is 12.9. The second-order valence-corrected chi connectivity index (χ2v) is 5.19. The van der Waals surface area contributed by atoms with E-state index >= 15 is 0 Å². The van der Waals surface area contributed by atoms with Gasteiger partial charge in [-0.05, 0) is 30.2 Å². The summed E-state index contributed by atoms with van der Waals surface area (Å²) in [5.74, 6) is 0.524. The predicted octanol–water partition coefficient (Wildman–Crippen LogP) is 1.16. The first-order valence-corrected chi connectivity index (χ1v) is 6.87. The lowest BCUT2D eigenvalue weighted by molar-refractivity contribution is -0.127. The topological polar surface area (TPSA) is 67.8 Å². The number of methoxy groups -OCH3 is 1. The number of rotatable bonds is 6. The molecule has 0 spiro atoms. The van der Waals surface area contributed by atoms with Crippen LogP contribution in [0.3, 0.4) is 0 Å². The van der Waals surface area contributed by atoms with Gasteiger partial charge in [0.2, 0.25) is 0 Å². The Hall–Kier alpha value is -1.30. The lowest BCUT2D eigenvalue weighted by Gasteiger charge is -2.13. The Morgan fingerprint density at radius 3 is 3.20 bits per heavy atom. The molecule has 1 amide bonds. The molecule has 1 heterocycles. The Bertz CT molecular complexity index is 480. The molecule has 2 rings (SSSR count). The molecule has 0 fully saturated rings. The van der Waals surface area contributed by atoms with Gasteiger partial charge in [-0.1, -0.05) is 11.6 Å². The number of aliphatic hydroxyl groups excluding tert-OH is 1. The SMILES string of the molecule is COCC(O)CCNC(=O)C1Cc2cc(Cl)ccc2O1. The third kappa shape index (κ3) is 3.85. The van der Waals surface area contributed by atoms with Gasteiger partial charge in [-0.25, -0.2) is 0 Å². The van der Waals surface area contributed by atoms with Crippen LogP contribution < -0.4 is 10.1 Å². The summed E-state index contributed by atoms with van der Waals surface area (Å²) in [6.07, 6.45) is -0.128. The lowest BCUT2D eigenvalue weighted by Crippen LogP contribution is -2.39. The summed E-state index contributed by atoms with van der Waals surface area (Å²) >= 11 is 5.90. The van der Waals surface area contributed by atoms with Crippen LogP contribution in [-0.4, -0.2) is 43.5 Å². The molecule has 2 N–H and O–H groups in total. The first-order valence-electron chi connectivity index (χ1n) is 6.50. The molecule has 6 heteroatoms. The molecular weight excluding hydrogens is 282 g/mol. The van der Waals surface area contributed by atoms with E-state index < -0.39 is 12.2 Å². The summed E-state index contributed by atoms with van der Waals surface area (Å²) in [7, 11) is 1.52. The van der Waals surface area contributed by atoms with E-state index in [9.17, 15) is 9.90 Å². The van der Waals surface area contributed by atoms with Crippen LogP contribution in [0.4, 0.5) is 0 Å². The Morgan fingerprint density at radius 1 is 1.65 bits per heavy atom. The average molecular weight is 300 g/mol. The second kappa shape index (κ2) is 6.92. The number of halogens is 1. The van der Waals surface area contributed by atoms with Crippen molar-refractivity contribution in [2.45, 2.75) is 25.0 Å². The third-order valence-electron chi connectivity index (χ3n) is 3.13. The molecule has 1 aromatic rings. The number of nitrogens with one attached hydrogen (secondary N) is 1. The number of fused-ring (bicyclic) bond motifs is 1. The second-order valence-electron chi connectivity index (χ2n) is 4.75. The molecule has 110 valence electrons. The van der Waals surface area contributed by atoms with Crippen molar-refractivity contribution < 1.29 is 19.4 Å². The lowest BCUT2D eigenvalue weighted by atomic mass is 10.1. The zero-order chi connectivity index (χ0) is 14.5. The molecule has 0 aromatic heterocycles. The molecular formula is C14H18ClNO4. The van der Waals surface area contributed by atoms with Crippen LogP contribution in [0.2, 0.25) is 5.02 Å². The molecule has 0 radical (unpaired) electrons. The smallest absolute Gasteiger partial charge is 0.261 e. The van der Waals surface area contributed by atoms with Crippen LogP contribution in [-0.2, 0) is 16.0 Å². The first-order chi connectivity index (χ1) is 9.60. The quantitative estimate of drug-likeness (QED) is 0.827. The van der Waals surface area contributed by atoms with E-state index in [2.05, 4.69) is 5.32 Å². The number of amides is 1. The van der Waals surface area contributed by atoms with E-state index in [1.807, 2.05) is 6.07 Å². The van der Waals surface area contributed by atoms with Crippen molar-refractivity contribution in [3.63, 3.8) is 0 Å². The predicted molar refractivity (Wildman–Crippen MR) is 75.1 cm³/mol. The van der Waals surface area contributed by atoms with Crippen molar-refractivity contribution in [1.82, 2.24) is 5.32 Å². The van der Waals surface area contributed by atoms with Crippen molar-refractivity contribution in [2.75, 3.05) is 20.3 Å². The Kier molecular flexibility index (Phi) is 5.23. The van der Waals surface area contributed by atoms with Gasteiger partial charge in [0.05, 0.1) is 12.7 Å². The molecule has 1 aromatic carbocycles. The molecule has 2 unspecified atom stereocenters. The van der Waals surface area contributed by atoms with Crippen molar-refractivity contribution in [3.8, 4) is 5.75 Å². The third-order valence-corrected chi connectivity index (χ3v) is 3.36. The maximum Gasteiger partial charge on any atom is 0.261 e. The summed E-state index contributed by atoms with van der Waals surface area (Å²) in [5.41, 5.74) is 0.942. The highest BCUT2D eigenvalue weighted by Crippen LogP contribution is 2.31. The average Bonchev–Trinajstić information content (AvgIpc) is 2.82. The number of aliphatic hydroxyl groups is 1. The molecule has 20 heavy (non-hydrogen) atoms. The zero-order valence-corrected chi connectivity index (χ0v) is 12.0. The minimum atomic E-state index is -0.569. The molecule has 0 saturated heterocycles. The van der Waals surface area contributed by atoms with Crippen LogP contribution in [0.5, 0.6) is 5.75 Å². The number of benzene rings is 1. The molecule has 5 nitrogen and oxygen atoms in total. The van der Waals surface area contributed by atoms with Crippen molar-refractivity contribution >= 4 is 17.5 Å². The molecule has 0 aliphatic carbocycles. The highest BCUT2D eigenvalue weighted by atomic mass is 35.5. The minimum Gasteiger partial charge on any atom is -0.480 e. The molecule has 0 bridgehead atoms. The summed E-state index contributed by atoms with van der Waals surface area (Å²) in [6.45, 7) is 0.653. The van der Waals surface area contributed by atoms with Gasteiger partial charge in [0.15, 0.2) is 6.10 Å². The van der Waals surface area contributed by atoms with Gasteiger partial charge >= 0.3 is 0 Å². The standard InChI is InChI=1S/C14H18ClNO4/c1-19-8-11(17)4-5-16-14(18)13-7-9-6-10(15)2-3-12(9)20-13/h2-3,6,11,13,17H,4-5,7-8H2,1H3,(H,16,18). The molecule has 2 atom stereocenters. The molecule has 1 aliphatic heterocycles. The minimum absolute atomic E-state index is 0.179. The van der Waals surface area contributed by atoms with Crippen molar-refractivity contribution in [2.24, 2.45) is 0 Å². The summed E-state index contributed by atoms with van der Waals surface area (Å²) in [4.78, 5) is 12.0. The Labute approximate surface area is 122 Å². The van der Waals surface area contributed by atoms with Crippen LogP contribution >= 0.6 is 11.6 Å². The maximum atomic E-state index is 12.0. The normalized spacial score (nSPS) is 18.2. The Balaban J connectivity index is 1.78. The summed E-state index contributed by atoms with van der Waals surface area (Å²) < 4.78 is 10.4. The van der Waals surface area contributed by atoms with E-state index in [0.717, 1.165) is 5.56 Å². The van der Waals surface area contributed by atoms with E-state index in [1.54, 1.807) is 12.1 Å². The van der Waals surface area contributed by atoms with Gasteiger partial charge in [-0.3, -0.25) is 4.79 Å². The van der Waals surface area contributed by atoms with E-state index in [1.165, 1.54) is 7.11 Å². The van der Waals surface area contributed by atoms with Crippen molar-refractivity contribution in [1.29, 1.82) is 0 Å². The van der Waals surface area contributed by atoms with E-state index in [4.69, 9.17) is 21.1 Å². The monoisotopic (exact) mass is 299 g/mol. The number of carbonyl (C=O) groups excluding carboxylic acids is 1. The number of hydrogen-bond donors (Lipinski definition) is 2. The number of ether oxygens (including phenoxy) is 2. The molecule has 0 saturated carbocycles. The van der Waals surface area contributed by atoms with Gasteiger partial charge in [-0.2, -0.15) is 0 Å². The van der Waals surface area contributed by atoms with Crippen LogP contribution in [0, 0.1) is 0 Å².